The lowest BCUT2D eigenvalue weighted by Gasteiger charge is -2.22. The van der Waals surface area contributed by atoms with Crippen LogP contribution in [0.15, 0.2) is 0 Å². The van der Waals surface area contributed by atoms with Crippen molar-refractivity contribution in [3.05, 3.63) is 0 Å². The van der Waals surface area contributed by atoms with Crippen LogP contribution in [0, 0.1) is 0 Å². The molecule has 0 bridgehead atoms. The standard InChI is InChI=1S/C11H21N3O3S/c12-8(11(16)17)3-1-2-4-14-10(15)9-7-18-6-5-13-9/h8-9,13H,1-7,12H2,(H,14,15)(H,16,17). The van der Waals surface area contributed by atoms with Gasteiger partial charge in [0.05, 0.1) is 6.04 Å². The summed E-state index contributed by atoms with van der Waals surface area (Å²) in [6.07, 6.45) is 1.91. The van der Waals surface area contributed by atoms with Crippen molar-refractivity contribution >= 4 is 23.6 Å². The van der Waals surface area contributed by atoms with Gasteiger partial charge in [0.1, 0.15) is 6.04 Å². The van der Waals surface area contributed by atoms with E-state index in [1.165, 1.54) is 0 Å². The molecule has 0 aliphatic carbocycles. The third-order valence-electron chi connectivity index (χ3n) is 2.80. The number of carbonyl (C=O) groups excluding carboxylic acids is 1. The lowest BCUT2D eigenvalue weighted by atomic mass is 10.1. The number of nitrogens with one attached hydrogen (secondary N) is 2. The first kappa shape index (κ1) is 15.3. The van der Waals surface area contributed by atoms with Gasteiger partial charge in [0, 0.05) is 24.6 Å². The van der Waals surface area contributed by atoms with Crippen LogP contribution in [0.2, 0.25) is 0 Å². The number of carbonyl (C=O) groups is 2. The molecule has 2 atom stereocenters. The van der Waals surface area contributed by atoms with Crippen molar-refractivity contribution in [1.29, 1.82) is 0 Å². The fourth-order valence-electron chi connectivity index (χ4n) is 1.68. The molecule has 5 N–H and O–H groups in total. The number of unbranched alkanes of at least 4 members (excludes halogenated alkanes) is 1. The number of amides is 1. The molecule has 7 heteroatoms. The summed E-state index contributed by atoms with van der Waals surface area (Å²) >= 11 is 1.78. The SMILES string of the molecule is NC(CCCCNC(=O)C1CSCCN1)C(=O)O. The predicted molar refractivity (Wildman–Crippen MR) is 71.6 cm³/mol. The first-order valence-corrected chi connectivity index (χ1v) is 7.34. The molecule has 6 nitrogen and oxygen atoms in total. The fourth-order valence-corrected chi connectivity index (χ4v) is 2.62. The molecule has 0 aromatic carbocycles. The molecule has 1 amide bonds. The van der Waals surface area contributed by atoms with Crippen LogP contribution >= 0.6 is 11.8 Å². The Balaban J connectivity index is 2.03. The number of aliphatic carboxylic acids is 1. The Morgan fingerprint density at radius 3 is 2.89 bits per heavy atom. The fraction of sp³-hybridized carbons (Fsp3) is 0.818. The predicted octanol–water partition coefficient (Wildman–Crippen LogP) is -0.610. The Bertz CT molecular complexity index is 283. The van der Waals surface area contributed by atoms with E-state index in [-0.39, 0.29) is 11.9 Å². The first-order chi connectivity index (χ1) is 8.61. The van der Waals surface area contributed by atoms with Crippen LogP contribution in [-0.4, -0.2) is 53.7 Å². The Labute approximate surface area is 111 Å². The minimum absolute atomic E-state index is 0.0322. The van der Waals surface area contributed by atoms with Crippen LogP contribution in [-0.2, 0) is 9.59 Å². The van der Waals surface area contributed by atoms with Gasteiger partial charge in [0.2, 0.25) is 5.91 Å². The van der Waals surface area contributed by atoms with E-state index in [0.717, 1.165) is 24.5 Å². The third kappa shape index (κ3) is 5.70. The summed E-state index contributed by atoms with van der Waals surface area (Å²) in [5.41, 5.74) is 5.38. The van der Waals surface area contributed by atoms with Gasteiger partial charge in [0.25, 0.3) is 0 Å². The van der Waals surface area contributed by atoms with Crippen molar-refractivity contribution in [1.82, 2.24) is 10.6 Å². The highest BCUT2D eigenvalue weighted by Gasteiger charge is 2.20. The van der Waals surface area contributed by atoms with Gasteiger partial charge in [-0.15, -0.1) is 0 Å². The molecule has 0 spiro atoms. The average Bonchev–Trinajstić information content (AvgIpc) is 2.38. The summed E-state index contributed by atoms with van der Waals surface area (Å²) in [5, 5.41) is 14.6. The van der Waals surface area contributed by atoms with Crippen molar-refractivity contribution in [3.63, 3.8) is 0 Å². The van der Waals surface area contributed by atoms with E-state index in [4.69, 9.17) is 10.8 Å². The molecule has 0 radical (unpaired) electrons. The lowest BCUT2D eigenvalue weighted by Crippen LogP contribution is -2.49. The summed E-state index contributed by atoms with van der Waals surface area (Å²) < 4.78 is 0. The Morgan fingerprint density at radius 2 is 2.28 bits per heavy atom. The zero-order valence-corrected chi connectivity index (χ0v) is 11.2. The molecule has 104 valence electrons. The van der Waals surface area contributed by atoms with Gasteiger partial charge >= 0.3 is 5.97 Å². The van der Waals surface area contributed by atoms with Gasteiger partial charge in [-0.2, -0.15) is 11.8 Å². The second-order valence-corrected chi connectivity index (χ2v) is 5.46. The maximum atomic E-state index is 11.7. The van der Waals surface area contributed by atoms with Crippen molar-refractivity contribution in [2.24, 2.45) is 5.73 Å². The van der Waals surface area contributed by atoms with Crippen LogP contribution < -0.4 is 16.4 Å². The highest BCUT2D eigenvalue weighted by molar-refractivity contribution is 7.99. The highest BCUT2D eigenvalue weighted by atomic mass is 32.2. The molecule has 0 saturated carbocycles. The maximum Gasteiger partial charge on any atom is 0.320 e. The highest BCUT2D eigenvalue weighted by Crippen LogP contribution is 2.07. The van der Waals surface area contributed by atoms with Gasteiger partial charge in [-0.3, -0.25) is 9.59 Å². The van der Waals surface area contributed by atoms with Gasteiger partial charge in [0.15, 0.2) is 0 Å². The molecule has 0 aromatic rings. The molecule has 18 heavy (non-hydrogen) atoms. The van der Waals surface area contributed by atoms with Crippen molar-refractivity contribution in [3.8, 4) is 0 Å². The Morgan fingerprint density at radius 1 is 1.50 bits per heavy atom. The summed E-state index contributed by atoms with van der Waals surface area (Å²) in [6.45, 7) is 1.45. The van der Waals surface area contributed by atoms with Gasteiger partial charge in [-0.25, -0.2) is 0 Å². The summed E-state index contributed by atoms with van der Waals surface area (Å²) in [7, 11) is 0. The number of carboxylic acid groups (broad SMARTS) is 1. The number of rotatable bonds is 7. The first-order valence-electron chi connectivity index (χ1n) is 6.18. The zero-order valence-electron chi connectivity index (χ0n) is 10.4. The number of hydrogen-bond donors (Lipinski definition) is 4. The minimum Gasteiger partial charge on any atom is -0.480 e. The normalized spacial score (nSPS) is 21.3. The topological polar surface area (TPSA) is 104 Å². The van der Waals surface area contributed by atoms with Gasteiger partial charge < -0.3 is 21.5 Å². The third-order valence-corrected chi connectivity index (χ3v) is 3.86. The number of carboxylic acids is 1. The lowest BCUT2D eigenvalue weighted by molar-refractivity contribution is -0.138. The van der Waals surface area contributed by atoms with E-state index in [1.807, 2.05) is 0 Å². The smallest absolute Gasteiger partial charge is 0.320 e. The molecule has 0 aromatic heterocycles. The van der Waals surface area contributed by atoms with Crippen molar-refractivity contribution < 1.29 is 14.7 Å². The molecule has 1 heterocycles. The zero-order chi connectivity index (χ0) is 13.4. The van der Waals surface area contributed by atoms with E-state index in [1.54, 1.807) is 11.8 Å². The van der Waals surface area contributed by atoms with Crippen LogP contribution in [0.4, 0.5) is 0 Å². The van der Waals surface area contributed by atoms with E-state index in [9.17, 15) is 9.59 Å². The molecule has 1 saturated heterocycles. The number of thioether (sulfide) groups is 1. The largest absolute Gasteiger partial charge is 0.480 e. The van der Waals surface area contributed by atoms with Gasteiger partial charge in [-0.1, -0.05) is 0 Å². The van der Waals surface area contributed by atoms with E-state index < -0.39 is 12.0 Å². The molecule has 1 aliphatic heterocycles. The molecule has 1 fully saturated rings. The van der Waals surface area contributed by atoms with Crippen LogP contribution in [0.3, 0.4) is 0 Å². The average molecular weight is 275 g/mol. The van der Waals surface area contributed by atoms with E-state index in [0.29, 0.717) is 19.4 Å². The quantitative estimate of drug-likeness (QED) is 0.462. The maximum absolute atomic E-state index is 11.7. The Kier molecular flexibility index (Phi) is 7.07. The monoisotopic (exact) mass is 275 g/mol. The second-order valence-electron chi connectivity index (χ2n) is 4.31. The summed E-state index contributed by atoms with van der Waals surface area (Å²) in [5.74, 6) is 0.930. The number of nitrogens with two attached hydrogens (primary N) is 1. The molecular formula is C11H21N3O3S. The summed E-state index contributed by atoms with van der Waals surface area (Å²) in [4.78, 5) is 22.2. The molecule has 2 unspecified atom stereocenters. The van der Waals surface area contributed by atoms with Crippen LogP contribution in [0.5, 0.6) is 0 Å². The van der Waals surface area contributed by atoms with Crippen LogP contribution in [0.1, 0.15) is 19.3 Å². The van der Waals surface area contributed by atoms with E-state index >= 15 is 0 Å². The van der Waals surface area contributed by atoms with Crippen molar-refractivity contribution in [2.45, 2.75) is 31.3 Å². The van der Waals surface area contributed by atoms with Gasteiger partial charge in [-0.05, 0) is 19.3 Å². The minimum atomic E-state index is -0.970. The number of hydrogen-bond acceptors (Lipinski definition) is 5. The second kappa shape index (κ2) is 8.34. The van der Waals surface area contributed by atoms with Crippen LogP contribution in [0.25, 0.3) is 0 Å². The Hall–Kier alpha value is -0.790. The van der Waals surface area contributed by atoms with Crippen molar-refractivity contribution in [2.75, 3.05) is 24.6 Å². The molecular weight excluding hydrogens is 254 g/mol. The molecule has 1 rings (SSSR count). The molecule has 1 aliphatic rings. The summed E-state index contributed by atoms with van der Waals surface area (Å²) in [6, 6.07) is -0.887. The van der Waals surface area contributed by atoms with E-state index in [2.05, 4.69) is 10.6 Å².